The molecule has 0 aromatic heterocycles. The molecule has 7 heteroatoms. The highest BCUT2D eigenvalue weighted by Crippen LogP contribution is 2.25. The summed E-state index contributed by atoms with van der Waals surface area (Å²) >= 11 is 0. The first kappa shape index (κ1) is 21.8. The molecule has 0 atom stereocenters. The number of aliphatic hydroxyl groups is 4. The minimum atomic E-state index is -1.55. The number of hydrogen-bond acceptors (Lipinski definition) is 7. The Balaban J connectivity index is 2.75. The molecule has 0 aliphatic rings. The third kappa shape index (κ3) is 9.15. The molecule has 1 aromatic carbocycles. The van der Waals surface area contributed by atoms with Gasteiger partial charge in [-0.15, -0.1) is 0 Å². The third-order valence-electron chi connectivity index (χ3n) is 3.98. The predicted molar refractivity (Wildman–Crippen MR) is 95.8 cm³/mol. The van der Waals surface area contributed by atoms with Gasteiger partial charge >= 0.3 is 0 Å². The quantitative estimate of drug-likeness (QED) is 0.205. The second-order valence-corrected chi connectivity index (χ2v) is 6.27. The number of aliphatic hydroxyl groups excluding tert-OH is 2. The van der Waals surface area contributed by atoms with E-state index in [-0.39, 0.29) is 18.8 Å². The van der Waals surface area contributed by atoms with Gasteiger partial charge < -0.3 is 25.5 Å². The van der Waals surface area contributed by atoms with Crippen LogP contribution in [0.5, 0.6) is 5.75 Å². The molecule has 0 saturated heterocycles. The lowest BCUT2D eigenvalue weighted by Crippen LogP contribution is -2.41. The van der Waals surface area contributed by atoms with Crippen LogP contribution in [0.15, 0.2) is 18.2 Å². The van der Waals surface area contributed by atoms with E-state index in [0.29, 0.717) is 5.56 Å². The summed E-state index contributed by atoms with van der Waals surface area (Å²) in [7, 11) is 0. The van der Waals surface area contributed by atoms with Crippen molar-refractivity contribution in [2.75, 3.05) is 13.1 Å². The fourth-order valence-corrected chi connectivity index (χ4v) is 2.66. The monoisotopic (exact) mass is 356 g/mol. The molecule has 0 spiro atoms. The van der Waals surface area contributed by atoms with E-state index in [9.17, 15) is 5.11 Å². The van der Waals surface area contributed by atoms with Crippen LogP contribution in [0, 0.1) is 0 Å². The number of benzene rings is 1. The Morgan fingerprint density at radius 3 is 2.04 bits per heavy atom. The Labute approximate surface area is 149 Å². The van der Waals surface area contributed by atoms with Crippen molar-refractivity contribution >= 4 is 0 Å². The van der Waals surface area contributed by atoms with Crippen molar-refractivity contribution in [3.05, 3.63) is 29.3 Å². The van der Waals surface area contributed by atoms with Crippen molar-refractivity contribution in [1.82, 2.24) is 10.6 Å². The SMILES string of the molecule is CCCCCCCc1ccc(O)c(C(NCC(O)O)NCC(O)O)c1. The molecule has 0 heterocycles. The Bertz CT molecular complexity index is 471. The van der Waals surface area contributed by atoms with Gasteiger partial charge in [0.1, 0.15) is 5.75 Å². The van der Waals surface area contributed by atoms with Crippen LogP contribution in [0.25, 0.3) is 0 Å². The molecule has 7 N–H and O–H groups in total. The van der Waals surface area contributed by atoms with E-state index in [1.54, 1.807) is 6.07 Å². The summed E-state index contributed by atoms with van der Waals surface area (Å²) in [6.07, 6.45) is 3.06. The van der Waals surface area contributed by atoms with E-state index < -0.39 is 18.7 Å². The van der Waals surface area contributed by atoms with Crippen molar-refractivity contribution in [3.63, 3.8) is 0 Å². The minimum Gasteiger partial charge on any atom is -0.508 e. The minimum absolute atomic E-state index is 0.0552. The summed E-state index contributed by atoms with van der Waals surface area (Å²) in [5.41, 5.74) is 1.61. The van der Waals surface area contributed by atoms with E-state index in [0.717, 1.165) is 24.8 Å². The fraction of sp³-hybridized carbons (Fsp3) is 0.667. The molecular formula is C18H32N2O5. The van der Waals surface area contributed by atoms with Gasteiger partial charge in [-0.05, 0) is 30.5 Å². The molecule has 0 bridgehead atoms. The summed E-state index contributed by atoms with van der Waals surface area (Å²) in [5, 5.41) is 52.0. The average molecular weight is 356 g/mol. The summed E-state index contributed by atoms with van der Waals surface area (Å²) in [4.78, 5) is 0. The normalized spacial score (nSPS) is 11.8. The number of hydrogen-bond donors (Lipinski definition) is 7. The van der Waals surface area contributed by atoms with Gasteiger partial charge in [0.2, 0.25) is 0 Å². The molecule has 25 heavy (non-hydrogen) atoms. The number of aryl methyl sites for hydroxylation is 1. The maximum atomic E-state index is 10.1. The number of unbranched alkanes of at least 4 members (excludes halogenated alkanes) is 4. The maximum absolute atomic E-state index is 10.1. The Kier molecular flexibility index (Phi) is 10.6. The molecule has 0 amide bonds. The molecule has 0 saturated carbocycles. The van der Waals surface area contributed by atoms with Crippen LogP contribution in [0.2, 0.25) is 0 Å². The largest absolute Gasteiger partial charge is 0.508 e. The number of nitrogens with one attached hydrogen (secondary N) is 2. The van der Waals surface area contributed by atoms with Crippen LogP contribution in [-0.2, 0) is 6.42 Å². The first-order valence-electron chi connectivity index (χ1n) is 8.94. The second kappa shape index (κ2) is 12.2. The van der Waals surface area contributed by atoms with Gasteiger partial charge in [-0.3, -0.25) is 10.6 Å². The molecule has 7 nitrogen and oxygen atoms in total. The summed E-state index contributed by atoms with van der Waals surface area (Å²) < 4.78 is 0. The molecule has 0 radical (unpaired) electrons. The third-order valence-corrected chi connectivity index (χ3v) is 3.98. The summed E-state index contributed by atoms with van der Waals surface area (Å²) in [5.74, 6) is 0.0552. The van der Waals surface area contributed by atoms with Crippen molar-refractivity contribution in [1.29, 1.82) is 0 Å². The highest BCUT2D eigenvalue weighted by Gasteiger charge is 2.17. The van der Waals surface area contributed by atoms with Crippen molar-refractivity contribution < 1.29 is 25.5 Å². The zero-order chi connectivity index (χ0) is 18.7. The summed E-state index contributed by atoms with van der Waals surface area (Å²) in [6.45, 7) is 1.93. The molecule has 1 rings (SSSR count). The first-order chi connectivity index (χ1) is 11.9. The van der Waals surface area contributed by atoms with Gasteiger partial charge in [-0.1, -0.05) is 38.7 Å². The highest BCUT2D eigenvalue weighted by molar-refractivity contribution is 5.38. The average Bonchev–Trinajstić information content (AvgIpc) is 2.56. The van der Waals surface area contributed by atoms with E-state index >= 15 is 0 Å². The molecule has 0 aliphatic carbocycles. The molecule has 144 valence electrons. The van der Waals surface area contributed by atoms with Gasteiger partial charge in [-0.25, -0.2) is 0 Å². The lowest BCUT2D eigenvalue weighted by Gasteiger charge is -2.23. The Hall–Kier alpha value is -1.22. The van der Waals surface area contributed by atoms with Gasteiger partial charge in [0.25, 0.3) is 0 Å². The molecule has 0 aliphatic heterocycles. The van der Waals surface area contributed by atoms with Crippen LogP contribution < -0.4 is 10.6 Å². The van der Waals surface area contributed by atoms with Crippen LogP contribution in [0.1, 0.15) is 56.3 Å². The lowest BCUT2D eigenvalue weighted by atomic mass is 10.0. The standard InChI is InChI=1S/C18H32N2O5/c1-2-3-4-5-6-7-13-8-9-15(21)14(10-13)18(19-11-16(22)23)20-12-17(24)25/h8-10,16-25H,2-7,11-12H2,1H3. The van der Waals surface area contributed by atoms with E-state index in [1.807, 2.05) is 12.1 Å². The van der Waals surface area contributed by atoms with E-state index in [2.05, 4.69) is 17.6 Å². The van der Waals surface area contributed by atoms with Crippen molar-refractivity contribution in [2.24, 2.45) is 0 Å². The van der Waals surface area contributed by atoms with Gasteiger partial charge in [0.05, 0.1) is 6.17 Å². The molecular weight excluding hydrogens is 324 g/mol. The van der Waals surface area contributed by atoms with Gasteiger partial charge in [-0.2, -0.15) is 0 Å². The highest BCUT2D eigenvalue weighted by atomic mass is 16.5. The zero-order valence-corrected chi connectivity index (χ0v) is 14.9. The molecule has 0 unspecified atom stereocenters. The van der Waals surface area contributed by atoms with Gasteiger partial charge in [0.15, 0.2) is 12.6 Å². The van der Waals surface area contributed by atoms with Gasteiger partial charge in [0, 0.05) is 18.7 Å². The zero-order valence-electron chi connectivity index (χ0n) is 14.9. The first-order valence-corrected chi connectivity index (χ1v) is 8.94. The number of aromatic hydroxyl groups is 1. The van der Waals surface area contributed by atoms with E-state index in [4.69, 9.17) is 20.4 Å². The Morgan fingerprint density at radius 2 is 1.48 bits per heavy atom. The van der Waals surface area contributed by atoms with Crippen molar-refractivity contribution in [2.45, 2.75) is 64.2 Å². The molecule has 1 aromatic rings. The van der Waals surface area contributed by atoms with Crippen molar-refractivity contribution in [3.8, 4) is 5.75 Å². The Morgan fingerprint density at radius 1 is 0.880 bits per heavy atom. The van der Waals surface area contributed by atoms with E-state index in [1.165, 1.54) is 19.3 Å². The number of rotatable bonds is 13. The molecule has 0 fully saturated rings. The topological polar surface area (TPSA) is 125 Å². The smallest absolute Gasteiger partial charge is 0.164 e. The second-order valence-electron chi connectivity index (χ2n) is 6.27. The van der Waals surface area contributed by atoms with Crippen LogP contribution in [0.3, 0.4) is 0 Å². The number of phenols is 1. The summed E-state index contributed by atoms with van der Waals surface area (Å²) in [6, 6.07) is 5.34. The van der Waals surface area contributed by atoms with Crippen LogP contribution in [-0.4, -0.2) is 51.2 Å². The van der Waals surface area contributed by atoms with Crippen LogP contribution >= 0.6 is 0 Å². The number of phenolic OH excluding ortho intramolecular Hbond substituents is 1. The lowest BCUT2D eigenvalue weighted by molar-refractivity contribution is -0.0463. The van der Waals surface area contributed by atoms with Crippen LogP contribution in [0.4, 0.5) is 0 Å². The maximum Gasteiger partial charge on any atom is 0.164 e. The predicted octanol–water partition coefficient (Wildman–Crippen LogP) is 0.704. The fourth-order valence-electron chi connectivity index (χ4n) is 2.66.